The van der Waals surface area contributed by atoms with E-state index in [2.05, 4.69) is 26.9 Å². The van der Waals surface area contributed by atoms with Crippen LogP contribution in [-0.4, -0.2) is 39.5 Å². The van der Waals surface area contributed by atoms with Crippen molar-refractivity contribution < 1.29 is 9.47 Å². The van der Waals surface area contributed by atoms with Crippen molar-refractivity contribution in [2.24, 2.45) is 0 Å². The highest BCUT2D eigenvalue weighted by atomic mass is 79.9. The normalized spacial score (nSPS) is 23.1. The quantitative estimate of drug-likeness (QED) is 0.858. The summed E-state index contributed by atoms with van der Waals surface area (Å²) >= 11 is 3.41. The number of rotatable bonds is 3. The van der Waals surface area contributed by atoms with Crippen molar-refractivity contribution in [3.63, 3.8) is 0 Å². The van der Waals surface area contributed by atoms with Crippen LogP contribution >= 0.6 is 15.9 Å². The number of methoxy groups -OCH3 is 2. The summed E-state index contributed by atoms with van der Waals surface area (Å²) in [7, 11) is 3.37. The van der Waals surface area contributed by atoms with Gasteiger partial charge in [-0.1, -0.05) is 6.07 Å². The third-order valence-corrected chi connectivity index (χ3v) is 3.93. The summed E-state index contributed by atoms with van der Waals surface area (Å²) in [5.41, 5.74) is 1.58. The number of ether oxygens (including phenoxy) is 2. The molecule has 2 atom stereocenters. The topological polar surface area (TPSA) is 45.5 Å². The van der Waals surface area contributed by atoms with E-state index in [1.165, 1.54) is 0 Å². The summed E-state index contributed by atoms with van der Waals surface area (Å²) in [5, 5.41) is 9.24. The maximum atomic E-state index is 9.24. The average Bonchev–Trinajstić information content (AvgIpc) is 2.81. The van der Waals surface area contributed by atoms with Gasteiger partial charge in [0.25, 0.3) is 0 Å². The van der Waals surface area contributed by atoms with Gasteiger partial charge in [-0.05, 0) is 28.1 Å². The van der Waals surface area contributed by atoms with Gasteiger partial charge in [0.1, 0.15) is 18.3 Å². The maximum absolute atomic E-state index is 9.24. The molecule has 0 spiro atoms. The molecule has 4 nitrogen and oxygen atoms in total. The van der Waals surface area contributed by atoms with Crippen molar-refractivity contribution in [1.29, 1.82) is 5.26 Å². The van der Waals surface area contributed by atoms with E-state index in [4.69, 9.17) is 9.47 Å². The van der Waals surface area contributed by atoms with Gasteiger partial charge in [0.15, 0.2) is 0 Å². The van der Waals surface area contributed by atoms with Gasteiger partial charge in [-0.2, -0.15) is 5.26 Å². The maximum Gasteiger partial charge on any atom is 0.103 e. The van der Waals surface area contributed by atoms with E-state index in [0.29, 0.717) is 5.56 Å². The van der Waals surface area contributed by atoms with Gasteiger partial charge in [0.05, 0.1) is 11.3 Å². The van der Waals surface area contributed by atoms with Crippen LogP contribution in [0.3, 0.4) is 0 Å². The Balaban J connectivity index is 2.29. The molecule has 0 radical (unpaired) electrons. The Morgan fingerprint density at radius 1 is 1.28 bits per heavy atom. The molecule has 1 heterocycles. The van der Waals surface area contributed by atoms with Crippen molar-refractivity contribution in [2.75, 3.05) is 32.2 Å². The standard InChI is InChI=1S/C13H15BrN2O2/c1-17-12-7-16(8-13(12)18-2)11-5-3-4-10(14)9(11)6-15/h3-5,12-13H,7-8H2,1-2H3. The van der Waals surface area contributed by atoms with Gasteiger partial charge in [-0.15, -0.1) is 0 Å². The van der Waals surface area contributed by atoms with Gasteiger partial charge in [-0.25, -0.2) is 0 Å². The molecule has 1 saturated heterocycles. The van der Waals surface area contributed by atoms with Gasteiger partial charge < -0.3 is 14.4 Å². The Morgan fingerprint density at radius 2 is 1.89 bits per heavy atom. The molecule has 18 heavy (non-hydrogen) atoms. The van der Waals surface area contributed by atoms with Crippen LogP contribution in [0.15, 0.2) is 22.7 Å². The lowest BCUT2D eigenvalue weighted by Crippen LogP contribution is -2.27. The van der Waals surface area contributed by atoms with Crippen molar-refractivity contribution >= 4 is 21.6 Å². The Bertz CT molecular complexity index is 461. The largest absolute Gasteiger partial charge is 0.377 e. The Morgan fingerprint density at radius 3 is 2.39 bits per heavy atom. The van der Waals surface area contributed by atoms with Crippen molar-refractivity contribution in [3.05, 3.63) is 28.2 Å². The lowest BCUT2D eigenvalue weighted by Gasteiger charge is -2.19. The van der Waals surface area contributed by atoms with Crippen LogP contribution < -0.4 is 4.90 Å². The number of benzene rings is 1. The molecule has 0 aliphatic carbocycles. The van der Waals surface area contributed by atoms with Gasteiger partial charge >= 0.3 is 0 Å². The van der Waals surface area contributed by atoms with Crippen LogP contribution in [0.4, 0.5) is 5.69 Å². The van der Waals surface area contributed by atoms with Gasteiger partial charge in [-0.3, -0.25) is 0 Å². The molecule has 1 aromatic rings. The molecule has 0 saturated carbocycles. The van der Waals surface area contributed by atoms with Crippen molar-refractivity contribution in [2.45, 2.75) is 12.2 Å². The SMILES string of the molecule is COC1CN(c2cccc(Br)c2C#N)CC1OC. The fourth-order valence-corrected chi connectivity index (χ4v) is 2.72. The van der Waals surface area contributed by atoms with Gasteiger partial charge in [0, 0.05) is 31.8 Å². The predicted molar refractivity (Wildman–Crippen MR) is 72.7 cm³/mol. The van der Waals surface area contributed by atoms with Crippen LogP contribution in [0, 0.1) is 11.3 Å². The first kappa shape index (κ1) is 13.3. The van der Waals surface area contributed by atoms with E-state index in [1.807, 2.05) is 18.2 Å². The van der Waals surface area contributed by atoms with Crippen LogP contribution in [0.1, 0.15) is 5.56 Å². The van der Waals surface area contributed by atoms with Crippen LogP contribution in [0.25, 0.3) is 0 Å². The lowest BCUT2D eigenvalue weighted by molar-refractivity contribution is -0.00461. The number of nitriles is 1. The molecule has 1 aliphatic rings. The van der Waals surface area contributed by atoms with E-state index in [-0.39, 0.29) is 12.2 Å². The lowest BCUT2D eigenvalue weighted by atomic mass is 10.2. The number of hydrogen-bond acceptors (Lipinski definition) is 4. The van der Waals surface area contributed by atoms with E-state index in [0.717, 1.165) is 23.2 Å². The van der Waals surface area contributed by atoms with E-state index < -0.39 is 0 Å². The summed E-state index contributed by atoms with van der Waals surface area (Å²) in [6, 6.07) is 8.00. The molecule has 96 valence electrons. The summed E-state index contributed by atoms with van der Waals surface area (Å²) in [4.78, 5) is 2.13. The number of hydrogen-bond donors (Lipinski definition) is 0. The second kappa shape index (κ2) is 5.70. The second-order valence-electron chi connectivity index (χ2n) is 4.20. The highest BCUT2D eigenvalue weighted by Crippen LogP contribution is 2.30. The molecule has 1 aliphatic heterocycles. The number of anilines is 1. The first-order chi connectivity index (χ1) is 8.71. The first-order valence-electron chi connectivity index (χ1n) is 5.70. The summed E-state index contributed by atoms with van der Waals surface area (Å²) in [6.45, 7) is 1.47. The molecule has 1 aromatic carbocycles. The van der Waals surface area contributed by atoms with Crippen LogP contribution in [0.5, 0.6) is 0 Å². The van der Waals surface area contributed by atoms with Crippen LogP contribution in [-0.2, 0) is 9.47 Å². The Hall–Kier alpha value is -1.09. The monoisotopic (exact) mass is 310 g/mol. The number of halogens is 1. The molecule has 0 N–H and O–H groups in total. The zero-order valence-corrected chi connectivity index (χ0v) is 12.0. The fourth-order valence-electron chi connectivity index (χ4n) is 2.28. The minimum Gasteiger partial charge on any atom is -0.377 e. The summed E-state index contributed by atoms with van der Waals surface area (Å²) in [5.74, 6) is 0. The van der Waals surface area contributed by atoms with Crippen molar-refractivity contribution in [1.82, 2.24) is 0 Å². The minimum atomic E-state index is 0.0422. The van der Waals surface area contributed by atoms with E-state index in [9.17, 15) is 5.26 Å². The van der Waals surface area contributed by atoms with Gasteiger partial charge in [0.2, 0.25) is 0 Å². The molecule has 2 rings (SSSR count). The molecule has 2 unspecified atom stereocenters. The molecule has 0 bridgehead atoms. The molecule has 1 fully saturated rings. The zero-order chi connectivity index (χ0) is 13.1. The van der Waals surface area contributed by atoms with Crippen LogP contribution in [0.2, 0.25) is 0 Å². The first-order valence-corrected chi connectivity index (χ1v) is 6.49. The fraction of sp³-hybridized carbons (Fsp3) is 0.462. The average molecular weight is 311 g/mol. The molecule has 0 aromatic heterocycles. The third kappa shape index (κ3) is 2.37. The van der Waals surface area contributed by atoms with E-state index >= 15 is 0 Å². The summed E-state index contributed by atoms with van der Waals surface area (Å²) < 4.78 is 11.6. The number of nitrogens with zero attached hydrogens (tertiary/aromatic N) is 2. The van der Waals surface area contributed by atoms with Crippen molar-refractivity contribution in [3.8, 4) is 6.07 Å². The molecular formula is C13H15BrN2O2. The molecule has 0 amide bonds. The molecular weight excluding hydrogens is 296 g/mol. The summed E-state index contributed by atoms with van der Waals surface area (Å²) in [6.07, 6.45) is 0.0843. The zero-order valence-electron chi connectivity index (χ0n) is 10.4. The minimum absolute atomic E-state index is 0.0422. The highest BCUT2D eigenvalue weighted by molar-refractivity contribution is 9.10. The Labute approximate surface area is 115 Å². The predicted octanol–water partition coefficient (Wildman–Crippen LogP) is 2.17. The Kier molecular flexibility index (Phi) is 4.23. The molecule has 5 heteroatoms. The highest BCUT2D eigenvalue weighted by Gasteiger charge is 2.34. The second-order valence-corrected chi connectivity index (χ2v) is 5.05. The third-order valence-electron chi connectivity index (χ3n) is 3.26. The van der Waals surface area contributed by atoms with E-state index in [1.54, 1.807) is 14.2 Å². The smallest absolute Gasteiger partial charge is 0.103 e.